The number of carbonyl (C=O) groups excluding carboxylic acids is 3. The third-order valence-corrected chi connectivity index (χ3v) is 3.69. The van der Waals surface area contributed by atoms with Crippen molar-refractivity contribution in [3.8, 4) is 0 Å². The molecule has 1 heterocycles. The number of aliphatic carboxylic acids is 1. The smallest absolute Gasteiger partial charge is 0.349 e. The van der Waals surface area contributed by atoms with Gasteiger partial charge in [-0.25, -0.2) is 4.79 Å². The number of benzene rings is 1. The summed E-state index contributed by atoms with van der Waals surface area (Å²) in [4.78, 5) is 51.3. The lowest BCUT2D eigenvalue weighted by atomic mass is 10.1. The summed E-state index contributed by atoms with van der Waals surface area (Å²) < 4.78 is 5.06. The first-order valence-corrected chi connectivity index (χ1v) is 8.92. The Labute approximate surface area is 171 Å². The number of hydrogen-bond donors (Lipinski definition) is 4. The Morgan fingerprint density at radius 3 is 2.47 bits per heavy atom. The summed E-state index contributed by atoms with van der Waals surface area (Å²) in [5, 5.41) is 13.0. The third-order valence-electron chi connectivity index (χ3n) is 3.69. The number of nitrogens with one attached hydrogen (secondary N) is 3. The number of carbonyl (C=O) groups is 4. The monoisotopic (exact) mass is 415 g/mol. The first kappa shape index (κ1) is 22.4. The van der Waals surface area contributed by atoms with Crippen LogP contribution in [-0.2, 0) is 30.4 Å². The van der Waals surface area contributed by atoms with Gasteiger partial charge in [-0.05, 0) is 30.2 Å². The Morgan fingerprint density at radius 1 is 1.03 bits per heavy atom. The highest BCUT2D eigenvalue weighted by Crippen LogP contribution is 2.05. The van der Waals surface area contributed by atoms with Crippen LogP contribution in [0.15, 0.2) is 59.2 Å². The lowest BCUT2D eigenvalue weighted by Gasteiger charge is -2.17. The van der Waals surface area contributed by atoms with Crippen molar-refractivity contribution in [2.75, 3.05) is 13.1 Å². The molecule has 2 rings (SSSR count). The molecule has 158 valence electrons. The number of carboxylic acid groups (broad SMARTS) is 1. The standard InChI is InChI=1S/C20H21N3O7/c24-17(21-13-18(25)26)12-22-20(28)16(11-14-5-2-1-3-6-14)23-30-19(27)9-8-15-7-4-10-29-15/h1-10,16,23H,11-13H2,(H,21,24)(H,22,28)(H,25,26)/b9-8+/t16-/m0/s1. The average Bonchev–Trinajstić information content (AvgIpc) is 3.26. The van der Waals surface area contributed by atoms with Crippen molar-refractivity contribution < 1.29 is 33.5 Å². The van der Waals surface area contributed by atoms with Crippen LogP contribution >= 0.6 is 0 Å². The Kier molecular flexibility index (Phi) is 8.81. The van der Waals surface area contributed by atoms with E-state index in [9.17, 15) is 19.2 Å². The number of furan rings is 1. The largest absolute Gasteiger partial charge is 0.480 e. The number of carboxylic acids is 1. The zero-order chi connectivity index (χ0) is 21.8. The molecule has 1 atom stereocenters. The molecular weight excluding hydrogens is 394 g/mol. The molecule has 0 aliphatic rings. The fourth-order valence-corrected chi connectivity index (χ4v) is 2.26. The van der Waals surface area contributed by atoms with Crippen molar-refractivity contribution in [3.05, 3.63) is 66.1 Å². The van der Waals surface area contributed by atoms with Crippen LogP contribution in [0.1, 0.15) is 11.3 Å². The van der Waals surface area contributed by atoms with Gasteiger partial charge in [0.1, 0.15) is 18.3 Å². The lowest BCUT2D eigenvalue weighted by Crippen LogP contribution is -2.49. The Balaban J connectivity index is 1.92. The van der Waals surface area contributed by atoms with Gasteiger partial charge >= 0.3 is 11.9 Å². The highest BCUT2D eigenvalue weighted by atomic mass is 16.7. The zero-order valence-corrected chi connectivity index (χ0v) is 15.9. The average molecular weight is 415 g/mol. The summed E-state index contributed by atoms with van der Waals surface area (Å²) >= 11 is 0. The predicted molar refractivity (Wildman–Crippen MR) is 105 cm³/mol. The van der Waals surface area contributed by atoms with Gasteiger partial charge in [0.05, 0.1) is 12.8 Å². The summed E-state index contributed by atoms with van der Waals surface area (Å²) in [5.74, 6) is -2.77. The van der Waals surface area contributed by atoms with Gasteiger partial charge in [-0.2, -0.15) is 0 Å². The Bertz CT molecular complexity index is 879. The van der Waals surface area contributed by atoms with Gasteiger partial charge in [-0.3, -0.25) is 14.4 Å². The normalized spacial score (nSPS) is 11.6. The summed E-state index contributed by atoms with van der Waals surface area (Å²) in [6.07, 6.45) is 4.17. The molecule has 4 N–H and O–H groups in total. The minimum atomic E-state index is -1.20. The quantitative estimate of drug-likeness (QED) is 0.302. The molecule has 0 unspecified atom stereocenters. The Hall–Kier alpha value is -3.92. The van der Waals surface area contributed by atoms with Gasteiger partial charge in [0.25, 0.3) is 0 Å². The number of amides is 2. The van der Waals surface area contributed by atoms with Crippen LogP contribution in [-0.4, -0.2) is 48.0 Å². The molecule has 0 radical (unpaired) electrons. The molecule has 1 aromatic carbocycles. The molecule has 0 saturated carbocycles. The van der Waals surface area contributed by atoms with Gasteiger partial charge in [-0.1, -0.05) is 30.3 Å². The van der Waals surface area contributed by atoms with Crippen molar-refractivity contribution in [1.29, 1.82) is 0 Å². The van der Waals surface area contributed by atoms with E-state index < -0.39 is 42.9 Å². The molecule has 30 heavy (non-hydrogen) atoms. The van der Waals surface area contributed by atoms with Crippen LogP contribution in [0.2, 0.25) is 0 Å². The summed E-state index contributed by atoms with van der Waals surface area (Å²) in [7, 11) is 0. The lowest BCUT2D eigenvalue weighted by molar-refractivity contribution is -0.149. The molecule has 10 heteroatoms. The van der Waals surface area contributed by atoms with E-state index in [0.717, 1.165) is 11.6 Å². The molecule has 2 aromatic rings. The topological polar surface area (TPSA) is 147 Å². The molecule has 1 aromatic heterocycles. The summed E-state index contributed by atoms with van der Waals surface area (Å²) in [6.45, 7) is -0.981. The highest BCUT2D eigenvalue weighted by molar-refractivity contribution is 5.89. The van der Waals surface area contributed by atoms with E-state index >= 15 is 0 Å². The third kappa shape index (κ3) is 8.40. The fourth-order valence-electron chi connectivity index (χ4n) is 2.26. The van der Waals surface area contributed by atoms with Gasteiger partial charge in [0.15, 0.2) is 0 Å². The molecule has 0 fully saturated rings. The maximum atomic E-state index is 12.5. The minimum absolute atomic E-state index is 0.179. The van der Waals surface area contributed by atoms with Crippen LogP contribution in [0.3, 0.4) is 0 Å². The van der Waals surface area contributed by atoms with E-state index in [1.165, 1.54) is 12.3 Å². The SMILES string of the molecule is O=C(O)CNC(=O)CNC(=O)[C@H](Cc1ccccc1)NOC(=O)/C=C/c1ccco1. The van der Waals surface area contributed by atoms with Crippen LogP contribution in [0.5, 0.6) is 0 Å². The highest BCUT2D eigenvalue weighted by Gasteiger charge is 2.21. The van der Waals surface area contributed by atoms with E-state index in [2.05, 4.69) is 16.1 Å². The maximum absolute atomic E-state index is 12.5. The van der Waals surface area contributed by atoms with Crippen molar-refractivity contribution in [2.24, 2.45) is 0 Å². The second-order valence-electron chi connectivity index (χ2n) is 6.02. The fraction of sp³-hybridized carbons (Fsp3) is 0.200. The molecule has 0 bridgehead atoms. The second-order valence-corrected chi connectivity index (χ2v) is 6.02. The summed E-state index contributed by atoms with van der Waals surface area (Å²) in [6, 6.07) is 11.3. The number of hydrogen-bond acceptors (Lipinski definition) is 7. The molecular formula is C20H21N3O7. The predicted octanol–water partition coefficient (Wildman–Crippen LogP) is 0.269. The van der Waals surface area contributed by atoms with Crippen molar-refractivity contribution in [3.63, 3.8) is 0 Å². The van der Waals surface area contributed by atoms with E-state index in [0.29, 0.717) is 5.76 Å². The van der Waals surface area contributed by atoms with Gasteiger partial charge in [-0.15, -0.1) is 5.48 Å². The van der Waals surface area contributed by atoms with E-state index in [-0.39, 0.29) is 6.42 Å². The maximum Gasteiger partial charge on any atom is 0.349 e. The molecule has 0 aliphatic carbocycles. The first-order valence-electron chi connectivity index (χ1n) is 8.92. The molecule has 0 saturated heterocycles. The van der Waals surface area contributed by atoms with Crippen molar-refractivity contribution in [2.45, 2.75) is 12.5 Å². The van der Waals surface area contributed by atoms with E-state index in [1.807, 2.05) is 6.07 Å². The van der Waals surface area contributed by atoms with Crippen LogP contribution in [0.4, 0.5) is 0 Å². The van der Waals surface area contributed by atoms with Gasteiger partial charge in [0.2, 0.25) is 11.8 Å². The first-order chi connectivity index (χ1) is 14.4. The van der Waals surface area contributed by atoms with Gasteiger partial charge < -0.3 is 25.0 Å². The molecule has 0 aliphatic heterocycles. The molecule has 2 amide bonds. The second kappa shape index (κ2) is 11.8. The van der Waals surface area contributed by atoms with Crippen molar-refractivity contribution in [1.82, 2.24) is 16.1 Å². The van der Waals surface area contributed by atoms with E-state index in [4.69, 9.17) is 14.4 Å². The summed E-state index contributed by atoms with van der Waals surface area (Å²) in [5.41, 5.74) is 3.20. The van der Waals surface area contributed by atoms with Crippen LogP contribution in [0.25, 0.3) is 6.08 Å². The van der Waals surface area contributed by atoms with Gasteiger partial charge in [0, 0.05) is 6.08 Å². The molecule has 10 nitrogen and oxygen atoms in total. The van der Waals surface area contributed by atoms with Crippen molar-refractivity contribution >= 4 is 29.8 Å². The molecule has 0 spiro atoms. The van der Waals surface area contributed by atoms with Crippen LogP contribution < -0.4 is 16.1 Å². The number of rotatable bonds is 11. The van der Waals surface area contributed by atoms with Crippen LogP contribution in [0, 0.1) is 0 Å². The Morgan fingerprint density at radius 2 is 1.80 bits per heavy atom. The zero-order valence-electron chi connectivity index (χ0n) is 15.9. The number of hydroxylamine groups is 1. The minimum Gasteiger partial charge on any atom is -0.480 e. The van der Waals surface area contributed by atoms with E-state index in [1.54, 1.807) is 36.4 Å².